The molecule has 4 heteroatoms. The van der Waals surface area contributed by atoms with Gasteiger partial charge in [0.15, 0.2) is 0 Å². The topological polar surface area (TPSA) is 74.6 Å². The zero-order valence-electron chi connectivity index (χ0n) is 12.3. The van der Waals surface area contributed by atoms with Crippen LogP contribution in [-0.4, -0.2) is 22.2 Å². The number of aliphatic carboxylic acids is 2. The molecule has 0 fully saturated rings. The maximum atomic E-state index is 10.8. The number of carboxylic acids is 2. The molecule has 4 nitrogen and oxygen atoms in total. The quantitative estimate of drug-likeness (QED) is 0.418. The van der Waals surface area contributed by atoms with Crippen molar-refractivity contribution in [2.24, 2.45) is 5.92 Å². The van der Waals surface area contributed by atoms with Crippen LogP contribution in [0.5, 0.6) is 0 Å². The summed E-state index contributed by atoms with van der Waals surface area (Å²) in [7, 11) is 0. The number of hydrogen-bond acceptors (Lipinski definition) is 2. The van der Waals surface area contributed by atoms with Crippen molar-refractivity contribution in [3.63, 3.8) is 0 Å². The third kappa shape index (κ3) is 11.5. The highest BCUT2D eigenvalue weighted by molar-refractivity contribution is 5.77. The number of allylic oxidation sites excluding steroid dienone is 4. The van der Waals surface area contributed by atoms with Gasteiger partial charge in [0.25, 0.3) is 0 Å². The van der Waals surface area contributed by atoms with Crippen LogP contribution in [0.15, 0.2) is 24.3 Å². The van der Waals surface area contributed by atoms with Crippen molar-refractivity contribution in [1.82, 2.24) is 0 Å². The first-order chi connectivity index (χ1) is 9.57. The highest BCUT2D eigenvalue weighted by atomic mass is 16.4. The van der Waals surface area contributed by atoms with Gasteiger partial charge in [-0.15, -0.1) is 0 Å². The lowest BCUT2D eigenvalue weighted by Crippen LogP contribution is -2.16. The van der Waals surface area contributed by atoms with Crippen LogP contribution in [0, 0.1) is 5.92 Å². The summed E-state index contributed by atoms with van der Waals surface area (Å²) in [5, 5.41) is 17.5. The van der Waals surface area contributed by atoms with Crippen LogP contribution in [0.3, 0.4) is 0 Å². The molecule has 1 atom stereocenters. The molecule has 0 saturated carbocycles. The second-order valence-electron chi connectivity index (χ2n) is 4.90. The van der Waals surface area contributed by atoms with Crippen LogP contribution in [0.2, 0.25) is 0 Å². The van der Waals surface area contributed by atoms with E-state index in [2.05, 4.69) is 12.2 Å². The lowest BCUT2D eigenvalue weighted by atomic mass is 10.0. The van der Waals surface area contributed by atoms with Gasteiger partial charge in [0.2, 0.25) is 0 Å². The first-order valence-electron chi connectivity index (χ1n) is 7.28. The van der Waals surface area contributed by atoms with Crippen molar-refractivity contribution in [1.29, 1.82) is 0 Å². The van der Waals surface area contributed by atoms with Crippen molar-refractivity contribution in [3.05, 3.63) is 24.3 Å². The predicted octanol–water partition coefficient (Wildman–Crippen LogP) is 4.02. The summed E-state index contributed by atoms with van der Waals surface area (Å²) in [5.74, 6) is -2.92. The van der Waals surface area contributed by atoms with Gasteiger partial charge < -0.3 is 10.2 Å². The molecule has 2 N–H and O–H groups in total. The maximum Gasteiger partial charge on any atom is 0.307 e. The number of unbranched alkanes of at least 4 members (excludes halogenated alkanes) is 5. The minimum Gasteiger partial charge on any atom is -0.481 e. The Morgan fingerprint density at radius 2 is 1.55 bits per heavy atom. The molecule has 0 aliphatic heterocycles. The smallest absolute Gasteiger partial charge is 0.307 e. The minimum atomic E-state index is -1.06. The summed E-state index contributed by atoms with van der Waals surface area (Å²) in [6.07, 6.45) is 14.8. The van der Waals surface area contributed by atoms with E-state index >= 15 is 0 Å². The number of hydrogen-bond donors (Lipinski definition) is 2. The summed E-state index contributed by atoms with van der Waals surface area (Å²) in [6, 6.07) is 0. The van der Waals surface area contributed by atoms with Crippen LogP contribution in [-0.2, 0) is 9.59 Å². The Hall–Kier alpha value is -1.58. The molecule has 0 spiro atoms. The molecule has 0 radical (unpaired) electrons. The van der Waals surface area contributed by atoms with Crippen LogP contribution in [0.25, 0.3) is 0 Å². The fourth-order valence-electron chi connectivity index (χ4n) is 1.91. The molecule has 0 aromatic heterocycles. The molecule has 0 aromatic rings. The second-order valence-corrected chi connectivity index (χ2v) is 4.90. The molecule has 0 amide bonds. The molecule has 0 saturated heterocycles. The highest BCUT2D eigenvalue weighted by Crippen LogP contribution is 2.11. The lowest BCUT2D eigenvalue weighted by molar-refractivity contribution is -0.148. The summed E-state index contributed by atoms with van der Waals surface area (Å²) in [4.78, 5) is 21.3. The van der Waals surface area contributed by atoms with E-state index in [1.165, 1.54) is 19.3 Å². The molecule has 1 unspecified atom stereocenters. The van der Waals surface area contributed by atoms with Crippen LogP contribution in [0.4, 0.5) is 0 Å². The van der Waals surface area contributed by atoms with Gasteiger partial charge in [-0.05, 0) is 39.0 Å². The second kappa shape index (κ2) is 12.5. The van der Waals surface area contributed by atoms with Crippen molar-refractivity contribution in [2.45, 2.75) is 58.3 Å². The van der Waals surface area contributed by atoms with E-state index in [4.69, 9.17) is 10.2 Å². The predicted molar refractivity (Wildman–Crippen MR) is 79.7 cm³/mol. The summed E-state index contributed by atoms with van der Waals surface area (Å²) in [5.41, 5.74) is 0. The van der Waals surface area contributed by atoms with E-state index in [1.54, 1.807) is 6.08 Å². The van der Waals surface area contributed by atoms with Crippen molar-refractivity contribution >= 4 is 11.9 Å². The van der Waals surface area contributed by atoms with Gasteiger partial charge in [-0.3, -0.25) is 9.59 Å². The lowest BCUT2D eigenvalue weighted by Gasteiger charge is -2.05. The Morgan fingerprint density at radius 3 is 2.05 bits per heavy atom. The number of rotatable bonds is 12. The third-order valence-corrected chi connectivity index (χ3v) is 3.08. The number of carboxylic acid groups (broad SMARTS) is 2. The zero-order valence-corrected chi connectivity index (χ0v) is 12.3. The van der Waals surface area contributed by atoms with Gasteiger partial charge in [0.05, 0.1) is 12.3 Å². The maximum absolute atomic E-state index is 10.8. The Kier molecular flexibility index (Phi) is 11.5. The Bertz CT molecular complexity index is 331. The largest absolute Gasteiger partial charge is 0.481 e. The van der Waals surface area contributed by atoms with E-state index in [1.807, 2.05) is 13.0 Å². The van der Waals surface area contributed by atoms with E-state index in [0.717, 1.165) is 19.3 Å². The molecule has 0 aliphatic carbocycles. The Morgan fingerprint density at radius 1 is 0.950 bits per heavy atom. The van der Waals surface area contributed by atoms with Crippen LogP contribution >= 0.6 is 0 Å². The fraction of sp³-hybridized carbons (Fsp3) is 0.625. The molecule has 0 aromatic carbocycles. The third-order valence-electron chi connectivity index (χ3n) is 3.08. The van der Waals surface area contributed by atoms with E-state index in [-0.39, 0.29) is 6.42 Å². The normalized spacial score (nSPS) is 13.1. The zero-order chi connectivity index (χ0) is 15.2. The average molecular weight is 282 g/mol. The molecule has 20 heavy (non-hydrogen) atoms. The van der Waals surface area contributed by atoms with E-state index in [9.17, 15) is 9.59 Å². The molecule has 114 valence electrons. The average Bonchev–Trinajstić information content (AvgIpc) is 2.39. The van der Waals surface area contributed by atoms with Gasteiger partial charge in [-0.25, -0.2) is 0 Å². The van der Waals surface area contributed by atoms with Crippen LogP contribution in [0.1, 0.15) is 58.3 Å². The summed E-state index contributed by atoms with van der Waals surface area (Å²) < 4.78 is 0. The molecule has 0 bridgehead atoms. The molecule has 0 heterocycles. The minimum absolute atomic E-state index is 0.295. The highest BCUT2D eigenvalue weighted by Gasteiger charge is 2.18. The Balaban J connectivity index is 3.63. The molecular formula is C16H26O4. The van der Waals surface area contributed by atoms with E-state index in [0.29, 0.717) is 6.42 Å². The van der Waals surface area contributed by atoms with Crippen molar-refractivity contribution in [3.8, 4) is 0 Å². The van der Waals surface area contributed by atoms with Gasteiger partial charge in [0, 0.05) is 0 Å². The fourth-order valence-corrected chi connectivity index (χ4v) is 1.91. The van der Waals surface area contributed by atoms with E-state index < -0.39 is 17.9 Å². The number of carbonyl (C=O) groups is 2. The van der Waals surface area contributed by atoms with Gasteiger partial charge >= 0.3 is 11.9 Å². The van der Waals surface area contributed by atoms with Gasteiger partial charge in [0.1, 0.15) is 0 Å². The van der Waals surface area contributed by atoms with Gasteiger partial charge in [-0.1, -0.05) is 37.1 Å². The summed E-state index contributed by atoms with van der Waals surface area (Å²) in [6.45, 7) is 2.03. The first kappa shape index (κ1) is 18.4. The monoisotopic (exact) mass is 282 g/mol. The van der Waals surface area contributed by atoms with Crippen molar-refractivity contribution < 1.29 is 19.8 Å². The van der Waals surface area contributed by atoms with Crippen LogP contribution < -0.4 is 0 Å². The molecular weight excluding hydrogens is 256 g/mol. The standard InChI is InChI=1S/C16H26O4/c1-2-3-4-5-6-7-8-9-10-11-12-14(16(19)20)13-15(17)18/h2-3,10-11,14H,4-9,12-13H2,1H3,(H,17,18)(H,19,20)/b3-2+,11-10+. The van der Waals surface area contributed by atoms with Gasteiger partial charge in [-0.2, -0.15) is 0 Å². The summed E-state index contributed by atoms with van der Waals surface area (Å²) >= 11 is 0. The molecule has 0 rings (SSSR count). The first-order valence-corrected chi connectivity index (χ1v) is 7.28. The Labute approximate surface area is 121 Å². The molecule has 0 aliphatic rings. The SMILES string of the molecule is C/C=C/CCCCCC/C=C/CC(CC(=O)O)C(=O)O. The van der Waals surface area contributed by atoms with Crippen molar-refractivity contribution in [2.75, 3.05) is 0 Å².